The molecule has 3 heteroatoms. The first kappa shape index (κ1) is 13.7. The maximum absolute atomic E-state index is 5.70. The van der Waals surface area contributed by atoms with E-state index in [9.17, 15) is 0 Å². The third-order valence-electron chi connectivity index (χ3n) is 3.85. The van der Waals surface area contributed by atoms with E-state index in [0.717, 1.165) is 17.9 Å². The molecule has 3 aromatic rings. The molecule has 21 heavy (non-hydrogen) atoms. The molecule has 0 aliphatic carbocycles. The van der Waals surface area contributed by atoms with Crippen molar-refractivity contribution in [2.24, 2.45) is 5.73 Å². The number of methoxy groups -OCH3 is 1. The first-order valence-electron chi connectivity index (χ1n) is 7.12. The molecule has 0 amide bonds. The quantitative estimate of drug-likeness (QED) is 0.795. The van der Waals surface area contributed by atoms with Crippen LogP contribution in [0.3, 0.4) is 0 Å². The number of nitrogens with zero attached hydrogens (tertiary/aromatic N) is 1. The van der Waals surface area contributed by atoms with E-state index < -0.39 is 0 Å². The number of ether oxygens (including phenoxy) is 1. The number of aryl methyl sites for hydroxylation is 1. The van der Waals surface area contributed by atoms with Gasteiger partial charge in [-0.1, -0.05) is 23.8 Å². The van der Waals surface area contributed by atoms with Crippen LogP contribution >= 0.6 is 0 Å². The third-order valence-corrected chi connectivity index (χ3v) is 3.85. The summed E-state index contributed by atoms with van der Waals surface area (Å²) >= 11 is 0. The predicted molar refractivity (Wildman–Crippen MR) is 86.7 cm³/mol. The van der Waals surface area contributed by atoms with E-state index in [1.54, 1.807) is 7.11 Å². The van der Waals surface area contributed by atoms with Crippen LogP contribution in [0, 0.1) is 6.92 Å². The second-order valence-corrected chi connectivity index (χ2v) is 5.36. The van der Waals surface area contributed by atoms with Gasteiger partial charge in [-0.3, -0.25) is 0 Å². The summed E-state index contributed by atoms with van der Waals surface area (Å²) in [5.41, 5.74) is 10.5. The van der Waals surface area contributed by atoms with E-state index in [0.29, 0.717) is 6.54 Å². The number of hydrogen-bond acceptors (Lipinski definition) is 2. The van der Waals surface area contributed by atoms with E-state index in [2.05, 4.69) is 54.1 Å². The average Bonchev–Trinajstić information content (AvgIpc) is 2.90. The van der Waals surface area contributed by atoms with Crippen LogP contribution in [0.5, 0.6) is 5.75 Å². The van der Waals surface area contributed by atoms with Crippen LogP contribution in [0.4, 0.5) is 0 Å². The Bertz CT molecular complexity index is 774. The van der Waals surface area contributed by atoms with Gasteiger partial charge in [0.15, 0.2) is 0 Å². The summed E-state index contributed by atoms with van der Waals surface area (Å²) in [4.78, 5) is 0. The molecule has 1 aromatic heterocycles. The number of hydrogen-bond donors (Lipinski definition) is 1. The Kier molecular flexibility index (Phi) is 3.67. The zero-order chi connectivity index (χ0) is 14.8. The lowest BCUT2D eigenvalue weighted by molar-refractivity contribution is 0.408. The topological polar surface area (TPSA) is 40.2 Å². The zero-order valence-electron chi connectivity index (χ0n) is 12.5. The van der Waals surface area contributed by atoms with E-state index >= 15 is 0 Å². The number of benzene rings is 2. The summed E-state index contributed by atoms with van der Waals surface area (Å²) in [5.74, 6) is 0.932. The average molecular weight is 280 g/mol. The lowest BCUT2D eigenvalue weighted by Crippen LogP contribution is -2.01. The minimum Gasteiger partial charge on any atom is -0.496 e. The summed E-state index contributed by atoms with van der Waals surface area (Å²) in [5, 5.41) is 1.23. The fourth-order valence-electron chi connectivity index (χ4n) is 2.73. The number of nitrogens with two attached hydrogens (primary N) is 1. The number of rotatable bonds is 4. The highest BCUT2D eigenvalue weighted by molar-refractivity contribution is 5.81. The van der Waals surface area contributed by atoms with Crippen molar-refractivity contribution in [1.29, 1.82) is 0 Å². The van der Waals surface area contributed by atoms with Gasteiger partial charge in [0.25, 0.3) is 0 Å². The molecule has 0 saturated carbocycles. The van der Waals surface area contributed by atoms with Gasteiger partial charge in [0.1, 0.15) is 5.75 Å². The van der Waals surface area contributed by atoms with Crippen molar-refractivity contribution < 1.29 is 4.74 Å². The zero-order valence-corrected chi connectivity index (χ0v) is 12.5. The molecule has 0 radical (unpaired) electrons. The van der Waals surface area contributed by atoms with Gasteiger partial charge >= 0.3 is 0 Å². The summed E-state index contributed by atoms with van der Waals surface area (Å²) in [6, 6.07) is 14.8. The van der Waals surface area contributed by atoms with Crippen LogP contribution in [0.25, 0.3) is 10.9 Å². The smallest absolute Gasteiger partial charge is 0.123 e. The second-order valence-electron chi connectivity index (χ2n) is 5.36. The molecule has 1 heterocycles. The van der Waals surface area contributed by atoms with Crippen LogP contribution in [-0.4, -0.2) is 11.7 Å². The molecule has 0 unspecified atom stereocenters. The molecule has 0 aliphatic heterocycles. The Labute approximate surface area is 125 Å². The molecule has 0 bridgehead atoms. The van der Waals surface area contributed by atoms with Crippen molar-refractivity contribution in [3.8, 4) is 5.75 Å². The maximum Gasteiger partial charge on any atom is 0.123 e. The minimum absolute atomic E-state index is 0.576. The van der Waals surface area contributed by atoms with Gasteiger partial charge in [0.2, 0.25) is 0 Å². The van der Waals surface area contributed by atoms with Crippen molar-refractivity contribution in [1.82, 2.24) is 4.57 Å². The van der Waals surface area contributed by atoms with Gasteiger partial charge in [-0.25, -0.2) is 0 Å². The Morgan fingerprint density at radius 1 is 1.10 bits per heavy atom. The van der Waals surface area contributed by atoms with Crippen LogP contribution in [0.2, 0.25) is 0 Å². The predicted octanol–water partition coefficient (Wildman–Crippen LogP) is 3.47. The van der Waals surface area contributed by atoms with Crippen LogP contribution < -0.4 is 10.5 Å². The highest BCUT2D eigenvalue weighted by atomic mass is 16.5. The second kappa shape index (κ2) is 5.62. The van der Waals surface area contributed by atoms with E-state index in [-0.39, 0.29) is 0 Å². The minimum atomic E-state index is 0.576. The first-order valence-corrected chi connectivity index (χ1v) is 7.12. The summed E-state index contributed by atoms with van der Waals surface area (Å²) in [6.07, 6.45) is 2.12. The van der Waals surface area contributed by atoms with Crippen molar-refractivity contribution in [2.75, 3.05) is 7.11 Å². The van der Waals surface area contributed by atoms with Crippen molar-refractivity contribution in [3.63, 3.8) is 0 Å². The molecular formula is C18H20N2O. The summed E-state index contributed by atoms with van der Waals surface area (Å²) in [7, 11) is 1.72. The Balaban J connectivity index is 2.00. The SMILES string of the molecule is COc1ccc(C)cc1Cn1ccc2cc(CN)ccc21. The number of aromatic nitrogens is 1. The highest BCUT2D eigenvalue weighted by Crippen LogP contribution is 2.24. The lowest BCUT2D eigenvalue weighted by Gasteiger charge is -2.11. The Hall–Kier alpha value is -2.26. The summed E-state index contributed by atoms with van der Waals surface area (Å²) < 4.78 is 7.71. The van der Waals surface area contributed by atoms with E-state index in [4.69, 9.17) is 10.5 Å². The first-order chi connectivity index (χ1) is 10.2. The molecule has 108 valence electrons. The lowest BCUT2D eigenvalue weighted by atomic mass is 10.1. The third kappa shape index (κ3) is 2.65. The van der Waals surface area contributed by atoms with Crippen LogP contribution in [0.1, 0.15) is 16.7 Å². The van der Waals surface area contributed by atoms with Gasteiger partial charge in [-0.05, 0) is 42.1 Å². The molecule has 0 saturated heterocycles. The molecule has 0 fully saturated rings. The monoisotopic (exact) mass is 280 g/mol. The van der Waals surface area contributed by atoms with Gasteiger partial charge < -0.3 is 15.0 Å². The molecule has 2 aromatic carbocycles. The van der Waals surface area contributed by atoms with E-state index in [1.807, 2.05) is 6.07 Å². The fourth-order valence-corrected chi connectivity index (χ4v) is 2.73. The van der Waals surface area contributed by atoms with Crippen molar-refractivity contribution in [3.05, 3.63) is 65.4 Å². The maximum atomic E-state index is 5.70. The Morgan fingerprint density at radius 3 is 2.71 bits per heavy atom. The highest BCUT2D eigenvalue weighted by Gasteiger charge is 2.07. The summed E-state index contributed by atoms with van der Waals surface area (Å²) in [6.45, 7) is 3.48. The molecule has 0 spiro atoms. The molecule has 3 rings (SSSR count). The molecule has 3 nitrogen and oxygen atoms in total. The van der Waals surface area contributed by atoms with Gasteiger partial charge in [0, 0.05) is 23.8 Å². The largest absolute Gasteiger partial charge is 0.496 e. The fraction of sp³-hybridized carbons (Fsp3) is 0.222. The number of fused-ring (bicyclic) bond motifs is 1. The van der Waals surface area contributed by atoms with Crippen LogP contribution in [0.15, 0.2) is 48.7 Å². The van der Waals surface area contributed by atoms with Crippen LogP contribution in [-0.2, 0) is 13.1 Å². The normalized spacial score (nSPS) is 11.0. The van der Waals surface area contributed by atoms with Gasteiger partial charge in [0.05, 0.1) is 13.7 Å². The molecule has 0 atom stereocenters. The molecular weight excluding hydrogens is 260 g/mol. The van der Waals surface area contributed by atoms with Gasteiger partial charge in [-0.15, -0.1) is 0 Å². The molecule has 0 aliphatic rings. The van der Waals surface area contributed by atoms with Crippen molar-refractivity contribution in [2.45, 2.75) is 20.0 Å². The van der Waals surface area contributed by atoms with Crippen molar-refractivity contribution >= 4 is 10.9 Å². The van der Waals surface area contributed by atoms with Gasteiger partial charge in [-0.2, -0.15) is 0 Å². The standard InChI is InChI=1S/C18H20N2O/c1-13-3-6-18(21-2)16(9-13)12-20-8-7-15-10-14(11-19)4-5-17(15)20/h3-10H,11-12,19H2,1-2H3. The van der Waals surface area contributed by atoms with E-state index in [1.165, 1.54) is 22.0 Å². The Morgan fingerprint density at radius 2 is 1.95 bits per heavy atom. The molecule has 2 N–H and O–H groups in total.